The highest BCUT2D eigenvalue weighted by Crippen LogP contribution is 2.30. The van der Waals surface area contributed by atoms with E-state index in [2.05, 4.69) is 5.32 Å². The lowest BCUT2D eigenvalue weighted by atomic mass is 10.0. The molecule has 0 saturated carbocycles. The van der Waals surface area contributed by atoms with E-state index >= 15 is 0 Å². The molecule has 1 N–H and O–H groups in total. The van der Waals surface area contributed by atoms with Crippen LogP contribution < -0.4 is 10.1 Å². The molecule has 0 spiro atoms. The second-order valence-electron chi connectivity index (χ2n) is 6.98. The minimum atomic E-state index is -0.844. The zero-order valence-electron chi connectivity index (χ0n) is 16.9. The van der Waals surface area contributed by atoms with E-state index < -0.39 is 10.9 Å². The van der Waals surface area contributed by atoms with Crippen molar-refractivity contribution in [1.82, 2.24) is 5.32 Å². The Labute approximate surface area is 183 Å². The normalized spacial score (nSPS) is 10.5. The van der Waals surface area contributed by atoms with Gasteiger partial charge in [0.25, 0.3) is 11.6 Å². The van der Waals surface area contributed by atoms with Gasteiger partial charge in [-0.1, -0.05) is 60.7 Å². The van der Waals surface area contributed by atoms with Crippen molar-refractivity contribution in [1.29, 1.82) is 0 Å². The highest BCUT2D eigenvalue weighted by molar-refractivity contribution is 5.97. The third-order valence-electron chi connectivity index (χ3n) is 4.98. The van der Waals surface area contributed by atoms with Gasteiger partial charge in [-0.25, -0.2) is 4.79 Å². The molecule has 0 aliphatic heterocycles. The lowest BCUT2D eigenvalue weighted by Crippen LogP contribution is -2.23. The molecule has 158 valence electrons. The van der Waals surface area contributed by atoms with E-state index in [0.717, 1.165) is 10.8 Å². The first kappa shape index (κ1) is 20.7. The minimum absolute atomic E-state index is 0.106. The van der Waals surface area contributed by atoms with E-state index in [9.17, 15) is 19.7 Å². The molecule has 0 unspecified atom stereocenters. The maximum absolute atomic E-state index is 12.8. The number of carbonyl (C=O) groups is 2. The molecule has 0 aliphatic carbocycles. The van der Waals surface area contributed by atoms with Crippen LogP contribution in [0, 0.1) is 10.1 Å². The van der Waals surface area contributed by atoms with Crippen molar-refractivity contribution in [2.24, 2.45) is 0 Å². The quantitative estimate of drug-likeness (QED) is 0.205. The summed E-state index contributed by atoms with van der Waals surface area (Å²) in [5.74, 6) is -0.891. The fraction of sp³-hybridized carbons (Fsp3) is 0.0400. The molecule has 4 aromatic rings. The molecule has 0 aliphatic rings. The number of carbonyl (C=O) groups excluding carboxylic acids is 2. The summed E-state index contributed by atoms with van der Waals surface area (Å²) in [6.07, 6.45) is 0. The van der Waals surface area contributed by atoms with Crippen molar-refractivity contribution < 1.29 is 19.2 Å². The second-order valence-corrected chi connectivity index (χ2v) is 6.98. The molecule has 7 heteroatoms. The predicted molar refractivity (Wildman–Crippen MR) is 120 cm³/mol. The zero-order valence-corrected chi connectivity index (χ0v) is 16.9. The van der Waals surface area contributed by atoms with Crippen molar-refractivity contribution in [2.75, 3.05) is 0 Å². The van der Waals surface area contributed by atoms with Gasteiger partial charge >= 0.3 is 5.97 Å². The van der Waals surface area contributed by atoms with Crippen LogP contribution in [0.5, 0.6) is 5.75 Å². The maximum Gasteiger partial charge on any atom is 0.350 e. The molecule has 0 bridgehead atoms. The summed E-state index contributed by atoms with van der Waals surface area (Å²) < 4.78 is 5.57. The van der Waals surface area contributed by atoms with Gasteiger partial charge in [-0.3, -0.25) is 14.9 Å². The molecule has 32 heavy (non-hydrogen) atoms. The number of hydrogen-bond donors (Lipinski definition) is 1. The molecule has 0 saturated heterocycles. The first-order valence-electron chi connectivity index (χ1n) is 9.84. The fourth-order valence-electron chi connectivity index (χ4n) is 3.41. The zero-order chi connectivity index (χ0) is 22.5. The Bertz CT molecular complexity index is 1320. The Morgan fingerprint density at radius 2 is 1.53 bits per heavy atom. The van der Waals surface area contributed by atoms with Crippen molar-refractivity contribution in [2.45, 2.75) is 6.54 Å². The lowest BCUT2D eigenvalue weighted by Gasteiger charge is -2.14. The molecule has 1 amide bonds. The van der Waals surface area contributed by atoms with Crippen LogP contribution >= 0.6 is 0 Å². The van der Waals surface area contributed by atoms with Crippen LogP contribution in [0.3, 0.4) is 0 Å². The van der Waals surface area contributed by atoms with Gasteiger partial charge in [-0.05, 0) is 35.0 Å². The summed E-state index contributed by atoms with van der Waals surface area (Å²) in [5, 5.41) is 15.8. The number of hydrogen-bond acceptors (Lipinski definition) is 5. The van der Waals surface area contributed by atoms with E-state index in [4.69, 9.17) is 4.74 Å². The fourth-order valence-corrected chi connectivity index (χ4v) is 3.41. The largest absolute Gasteiger partial charge is 0.422 e. The molecule has 0 heterocycles. The van der Waals surface area contributed by atoms with Crippen LogP contribution in [0.15, 0.2) is 91.0 Å². The first-order chi connectivity index (χ1) is 15.5. The molecule has 4 rings (SSSR count). The van der Waals surface area contributed by atoms with Crippen LogP contribution in [0.25, 0.3) is 10.8 Å². The number of amides is 1. The lowest BCUT2D eigenvalue weighted by molar-refractivity contribution is -0.385. The van der Waals surface area contributed by atoms with Gasteiger partial charge in [0.05, 0.1) is 4.92 Å². The number of nitro benzene ring substituents is 1. The van der Waals surface area contributed by atoms with Gasteiger partial charge in [0, 0.05) is 23.7 Å². The third-order valence-corrected chi connectivity index (χ3v) is 4.98. The summed E-state index contributed by atoms with van der Waals surface area (Å²) in [5.41, 5.74) is 0.618. The van der Waals surface area contributed by atoms with Gasteiger partial charge in [-0.2, -0.15) is 0 Å². The highest BCUT2D eigenvalue weighted by atomic mass is 16.6. The Morgan fingerprint density at radius 3 is 2.31 bits per heavy atom. The minimum Gasteiger partial charge on any atom is -0.422 e. The number of rotatable bonds is 6. The van der Waals surface area contributed by atoms with Gasteiger partial charge in [-0.15, -0.1) is 0 Å². The number of nitrogens with one attached hydrogen (secondary N) is 1. The number of nitro groups is 1. The molecule has 7 nitrogen and oxygen atoms in total. The third kappa shape index (κ3) is 4.32. The van der Waals surface area contributed by atoms with Gasteiger partial charge in [0.15, 0.2) is 0 Å². The van der Waals surface area contributed by atoms with Crippen LogP contribution in [-0.4, -0.2) is 16.8 Å². The van der Waals surface area contributed by atoms with Crippen LogP contribution in [0.4, 0.5) is 5.69 Å². The topological polar surface area (TPSA) is 98.5 Å². The van der Waals surface area contributed by atoms with E-state index in [0.29, 0.717) is 11.1 Å². The molecule has 0 fully saturated rings. The number of fused-ring (bicyclic) bond motifs is 1. The Morgan fingerprint density at radius 1 is 0.844 bits per heavy atom. The van der Waals surface area contributed by atoms with Crippen LogP contribution in [-0.2, 0) is 6.54 Å². The van der Waals surface area contributed by atoms with Crippen molar-refractivity contribution >= 4 is 28.3 Å². The standard InChI is InChI=1S/C25H18N2O5/c28-24(18-9-2-1-3-10-18)26-16-21-19-11-5-4-8-17(19)14-15-23(21)32-25(29)20-12-6-7-13-22(20)27(30)31/h1-15H,16H2,(H,26,28). The summed E-state index contributed by atoms with van der Waals surface area (Å²) in [6.45, 7) is 0.106. The second kappa shape index (κ2) is 9.09. The van der Waals surface area contributed by atoms with Crippen LogP contribution in [0.2, 0.25) is 0 Å². The average molecular weight is 426 g/mol. The number of nitrogens with zero attached hydrogens (tertiary/aromatic N) is 1. The number of ether oxygens (including phenoxy) is 1. The maximum atomic E-state index is 12.8. The molecule has 0 aromatic heterocycles. The van der Waals surface area contributed by atoms with E-state index in [-0.39, 0.29) is 29.5 Å². The van der Waals surface area contributed by atoms with Crippen molar-refractivity contribution in [3.63, 3.8) is 0 Å². The highest BCUT2D eigenvalue weighted by Gasteiger charge is 2.22. The summed E-state index contributed by atoms with van der Waals surface area (Å²) >= 11 is 0. The van der Waals surface area contributed by atoms with Gasteiger partial charge in [0.1, 0.15) is 11.3 Å². The molecule has 4 aromatic carbocycles. The summed E-state index contributed by atoms with van der Waals surface area (Å²) in [7, 11) is 0. The molecular formula is C25H18N2O5. The smallest absolute Gasteiger partial charge is 0.350 e. The summed E-state index contributed by atoms with van der Waals surface area (Å²) in [4.78, 5) is 36.0. The monoisotopic (exact) mass is 426 g/mol. The van der Waals surface area contributed by atoms with Crippen molar-refractivity contribution in [3.8, 4) is 5.75 Å². The Hall–Kier alpha value is -4.52. The first-order valence-corrected chi connectivity index (χ1v) is 9.84. The Kier molecular flexibility index (Phi) is 5.89. The molecule has 0 atom stereocenters. The molecule has 0 radical (unpaired) electrons. The number of esters is 1. The van der Waals surface area contributed by atoms with E-state index in [1.807, 2.05) is 30.3 Å². The van der Waals surface area contributed by atoms with Crippen molar-refractivity contribution in [3.05, 3.63) is 118 Å². The summed E-state index contributed by atoms with van der Waals surface area (Å²) in [6, 6.07) is 25.3. The van der Waals surface area contributed by atoms with Gasteiger partial charge < -0.3 is 10.1 Å². The number of para-hydroxylation sites is 1. The average Bonchev–Trinajstić information content (AvgIpc) is 2.83. The predicted octanol–water partition coefficient (Wildman–Crippen LogP) is 4.90. The van der Waals surface area contributed by atoms with E-state index in [1.54, 1.807) is 36.4 Å². The van der Waals surface area contributed by atoms with Crippen LogP contribution in [0.1, 0.15) is 26.3 Å². The van der Waals surface area contributed by atoms with Gasteiger partial charge in [0.2, 0.25) is 0 Å². The Balaban J connectivity index is 1.67. The number of benzene rings is 4. The SMILES string of the molecule is O=C(NCc1c(OC(=O)c2ccccc2[N+](=O)[O-])ccc2ccccc12)c1ccccc1. The molecular weight excluding hydrogens is 408 g/mol. The van der Waals surface area contributed by atoms with E-state index in [1.165, 1.54) is 24.3 Å².